The maximum atomic E-state index is 9.78. The molecule has 1 atom stereocenters. The number of carbonyl (C=O) groups is 2. The predicted molar refractivity (Wildman–Crippen MR) is 26.0 cm³/mol. The fraction of sp³-hybridized carbons (Fsp3) is 0.250. The molecule has 0 aliphatic rings. The third-order valence-electron chi connectivity index (χ3n) is 0.611. The van der Waals surface area contributed by atoms with Gasteiger partial charge in [0.25, 0.3) is 0 Å². The molecule has 0 heterocycles. The first-order valence-corrected chi connectivity index (χ1v) is 1.91. The Morgan fingerprint density at radius 3 is 2.25 bits per heavy atom. The lowest BCUT2D eigenvalue weighted by molar-refractivity contribution is -0.140. The van der Waals surface area contributed by atoms with E-state index in [1.807, 2.05) is 0 Å². The molecule has 0 spiro atoms. The zero-order valence-electron chi connectivity index (χ0n) is 4.00. The average Bonchev–Trinajstić information content (AvgIpc) is 1.69. The summed E-state index contributed by atoms with van der Waals surface area (Å²) < 4.78 is 0. The summed E-state index contributed by atoms with van der Waals surface area (Å²) in [6.45, 7) is 0. The van der Waals surface area contributed by atoms with Gasteiger partial charge in [0, 0.05) is 6.21 Å². The van der Waals surface area contributed by atoms with E-state index in [1.54, 1.807) is 0 Å². The SMILES string of the molecule is N=CC(C=O)C(=O)O. The van der Waals surface area contributed by atoms with Crippen molar-refractivity contribution >= 4 is 18.5 Å². The van der Waals surface area contributed by atoms with Crippen molar-refractivity contribution < 1.29 is 14.7 Å². The van der Waals surface area contributed by atoms with Crippen molar-refractivity contribution in [3.63, 3.8) is 0 Å². The van der Waals surface area contributed by atoms with Crippen LogP contribution in [0.5, 0.6) is 0 Å². The first-order chi connectivity index (χ1) is 3.72. The average molecular weight is 115 g/mol. The van der Waals surface area contributed by atoms with E-state index in [2.05, 4.69) is 0 Å². The first-order valence-electron chi connectivity index (χ1n) is 1.91. The second kappa shape index (κ2) is 2.90. The van der Waals surface area contributed by atoms with E-state index in [-0.39, 0.29) is 6.29 Å². The predicted octanol–water partition coefficient (Wildman–Crippen LogP) is -0.464. The first kappa shape index (κ1) is 6.81. The van der Waals surface area contributed by atoms with Gasteiger partial charge in [-0.3, -0.25) is 4.79 Å². The largest absolute Gasteiger partial charge is 0.480 e. The number of carboxylic acids is 1. The summed E-state index contributed by atoms with van der Waals surface area (Å²) in [5.74, 6) is -2.55. The number of aliphatic carboxylic acids is 1. The van der Waals surface area contributed by atoms with E-state index in [0.29, 0.717) is 6.21 Å². The maximum absolute atomic E-state index is 9.78. The van der Waals surface area contributed by atoms with Crippen LogP contribution in [0, 0.1) is 11.3 Å². The lowest BCUT2D eigenvalue weighted by Crippen LogP contribution is -2.15. The molecule has 0 saturated carbocycles. The van der Waals surface area contributed by atoms with E-state index in [9.17, 15) is 9.59 Å². The van der Waals surface area contributed by atoms with Crippen molar-refractivity contribution in [3.8, 4) is 0 Å². The Bertz CT molecular complexity index is 112. The molecule has 0 aromatic rings. The van der Waals surface area contributed by atoms with Gasteiger partial charge in [0.15, 0.2) is 0 Å². The van der Waals surface area contributed by atoms with E-state index in [0.717, 1.165) is 0 Å². The minimum atomic E-state index is -1.28. The number of rotatable bonds is 3. The van der Waals surface area contributed by atoms with Crippen LogP contribution in [0.1, 0.15) is 0 Å². The smallest absolute Gasteiger partial charge is 0.319 e. The highest BCUT2D eigenvalue weighted by atomic mass is 16.4. The molecule has 8 heavy (non-hydrogen) atoms. The molecule has 0 bridgehead atoms. The zero-order valence-corrected chi connectivity index (χ0v) is 4.00. The van der Waals surface area contributed by atoms with Crippen LogP contribution in [0.2, 0.25) is 0 Å². The minimum absolute atomic E-state index is 0.204. The maximum Gasteiger partial charge on any atom is 0.319 e. The van der Waals surface area contributed by atoms with Crippen molar-refractivity contribution in [1.29, 1.82) is 5.41 Å². The summed E-state index contributed by atoms with van der Waals surface area (Å²) in [6, 6.07) is 0. The van der Waals surface area contributed by atoms with Crippen molar-refractivity contribution in [2.24, 2.45) is 5.92 Å². The van der Waals surface area contributed by atoms with Crippen LogP contribution in [0.3, 0.4) is 0 Å². The molecule has 44 valence electrons. The second-order valence-electron chi connectivity index (χ2n) is 1.17. The molecule has 0 fully saturated rings. The van der Waals surface area contributed by atoms with Gasteiger partial charge in [0.2, 0.25) is 0 Å². The van der Waals surface area contributed by atoms with Gasteiger partial charge >= 0.3 is 5.97 Å². The molecule has 0 aliphatic carbocycles. The topological polar surface area (TPSA) is 78.2 Å². The molecule has 0 amide bonds. The fourth-order valence-corrected chi connectivity index (χ4v) is 0.169. The Kier molecular flexibility index (Phi) is 2.47. The van der Waals surface area contributed by atoms with Crippen LogP contribution in [0.4, 0.5) is 0 Å². The lowest BCUT2D eigenvalue weighted by Gasteiger charge is -1.89. The summed E-state index contributed by atoms with van der Waals surface area (Å²) in [5.41, 5.74) is 0. The van der Waals surface area contributed by atoms with Crippen molar-refractivity contribution in [2.45, 2.75) is 0 Å². The molecular formula is C4H5NO3. The molecule has 0 aliphatic heterocycles. The van der Waals surface area contributed by atoms with Crippen molar-refractivity contribution in [1.82, 2.24) is 0 Å². The number of hydrogen-bond acceptors (Lipinski definition) is 3. The van der Waals surface area contributed by atoms with Gasteiger partial charge < -0.3 is 15.3 Å². The van der Waals surface area contributed by atoms with Crippen LogP contribution in [-0.2, 0) is 9.59 Å². The quantitative estimate of drug-likeness (QED) is 0.296. The molecule has 0 radical (unpaired) electrons. The van der Waals surface area contributed by atoms with Crippen LogP contribution >= 0.6 is 0 Å². The molecule has 0 saturated heterocycles. The number of aldehydes is 1. The summed E-state index contributed by atoms with van der Waals surface area (Å²) in [6.07, 6.45) is 0.782. The van der Waals surface area contributed by atoms with Gasteiger partial charge in [-0.1, -0.05) is 0 Å². The Hall–Kier alpha value is -1.19. The molecule has 0 aromatic heterocycles. The third-order valence-corrected chi connectivity index (χ3v) is 0.611. The Morgan fingerprint density at radius 1 is 1.75 bits per heavy atom. The summed E-state index contributed by atoms with van der Waals surface area (Å²) in [7, 11) is 0. The van der Waals surface area contributed by atoms with Gasteiger partial charge in [0.1, 0.15) is 12.2 Å². The molecule has 4 heteroatoms. The van der Waals surface area contributed by atoms with Gasteiger partial charge in [-0.25, -0.2) is 0 Å². The number of carboxylic acid groups (broad SMARTS) is 1. The van der Waals surface area contributed by atoms with E-state index in [1.165, 1.54) is 0 Å². The standard InChI is InChI=1S/C4H5NO3/c5-1-3(2-6)4(7)8/h1-3,5H,(H,7,8). The Morgan fingerprint density at radius 2 is 2.25 bits per heavy atom. The second-order valence-corrected chi connectivity index (χ2v) is 1.17. The van der Waals surface area contributed by atoms with E-state index < -0.39 is 11.9 Å². The summed E-state index contributed by atoms with van der Waals surface area (Å²) >= 11 is 0. The highest BCUT2D eigenvalue weighted by Crippen LogP contribution is 1.82. The van der Waals surface area contributed by atoms with Gasteiger partial charge in [-0.2, -0.15) is 0 Å². The number of nitrogens with one attached hydrogen (secondary N) is 1. The van der Waals surface area contributed by atoms with Crippen molar-refractivity contribution in [2.75, 3.05) is 0 Å². The molecule has 4 nitrogen and oxygen atoms in total. The summed E-state index contributed by atoms with van der Waals surface area (Å²) in [4.78, 5) is 19.4. The van der Waals surface area contributed by atoms with Crippen molar-refractivity contribution in [3.05, 3.63) is 0 Å². The highest BCUT2D eigenvalue weighted by Gasteiger charge is 2.10. The van der Waals surface area contributed by atoms with E-state index >= 15 is 0 Å². The monoisotopic (exact) mass is 115 g/mol. The van der Waals surface area contributed by atoms with Crippen LogP contribution < -0.4 is 0 Å². The zero-order chi connectivity index (χ0) is 6.57. The highest BCUT2D eigenvalue weighted by molar-refractivity contribution is 6.02. The number of carbonyl (C=O) groups excluding carboxylic acids is 1. The Labute approximate surface area is 45.6 Å². The number of hydrogen-bond donors (Lipinski definition) is 2. The van der Waals surface area contributed by atoms with Gasteiger partial charge in [0.05, 0.1) is 0 Å². The third kappa shape index (κ3) is 1.51. The van der Waals surface area contributed by atoms with Gasteiger partial charge in [-0.05, 0) is 0 Å². The molecule has 0 aromatic carbocycles. The minimum Gasteiger partial charge on any atom is -0.480 e. The van der Waals surface area contributed by atoms with E-state index in [4.69, 9.17) is 10.5 Å². The van der Waals surface area contributed by atoms with Crippen LogP contribution in [0.15, 0.2) is 0 Å². The normalized spacial score (nSPS) is 12.0. The molecular weight excluding hydrogens is 110 g/mol. The fourth-order valence-electron chi connectivity index (χ4n) is 0.169. The van der Waals surface area contributed by atoms with Crippen LogP contribution in [-0.4, -0.2) is 23.6 Å². The molecule has 2 N–H and O–H groups in total. The van der Waals surface area contributed by atoms with Gasteiger partial charge in [-0.15, -0.1) is 0 Å². The molecule has 1 unspecified atom stereocenters. The lowest BCUT2D eigenvalue weighted by atomic mass is 10.2. The molecule has 0 rings (SSSR count). The summed E-state index contributed by atoms with van der Waals surface area (Å²) in [5, 5.41) is 14.3. The Balaban J connectivity index is 3.88. The van der Waals surface area contributed by atoms with Crippen LogP contribution in [0.25, 0.3) is 0 Å².